The number of hydrogen-bond donors (Lipinski definition) is 1. The molecule has 0 radical (unpaired) electrons. The number of nitrogens with zero attached hydrogens (tertiary/aromatic N) is 1. The second-order valence-electron chi connectivity index (χ2n) is 5.47. The Labute approximate surface area is 142 Å². The van der Waals surface area contributed by atoms with Crippen LogP contribution >= 0.6 is 11.6 Å². The number of oxazole rings is 1. The largest absolute Gasteiger partial charge is 0.493 e. The lowest BCUT2D eigenvalue weighted by Crippen LogP contribution is -2.25. The first-order chi connectivity index (χ1) is 11.4. The average Bonchev–Trinajstić information content (AvgIpc) is 2.94. The first kappa shape index (κ1) is 16.4. The average molecular weight is 349 g/mol. The van der Waals surface area contributed by atoms with Crippen LogP contribution in [-0.2, 0) is 6.54 Å². The minimum Gasteiger partial charge on any atom is -0.493 e. The zero-order valence-electron chi connectivity index (χ0n) is 13.6. The summed E-state index contributed by atoms with van der Waals surface area (Å²) in [6.07, 6.45) is 0. The van der Waals surface area contributed by atoms with Gasteiger partial charge in [-0.15, -0.1) is 0 Å². The molecular weight excluding hydrogens is 332 g/mol. The summed E-state index contributed by atoms with van der Waals surface area (Å²) in [5.41, 5.74) is 2.28. The van der Waals surface area contributed by atoms with Crippen LogP contribution < -0.4 is 16.1 Å². The molecule has 0 unspecified atom stereocenters. The van der Waals surface area contributed by atoms with Gasteiger partial charge in [0.15, 0.2) is 11.1 Å². The molecule has 7 heteroatoms. The van der Waals surface area contributed by atoms with E-state index in [1.54, 1.807) is 30.5 Å². The molecule has 0 saturated heterocycles. The van der Waals surface area contributed by atoms with E-state index in [2.05, 4.69) is 4.98 Å². The molecule has 2 aromatic heterocycles. The van der Waals surface area contributed by atoms with Crippen LogP contribution in [0.1, 0.15) is 23.7 Å². The monoisotopic (exact) mass is 348 g/mol. The van der Waals surface area contributed by atoms with Gasteiger partial charge in [0.25, 0.3) is 5.56 Å². The van der Waals surface area contributed by atoms with Crippen LogP contribution in [0.3, 0.4) is 0 Å². The number of ether oxygens (including phenoxy) is 1. The SMILES string of the molecule is CCOc1cccc(Cl)c1Cn1c(C)c(C)c2oc(=O)[nH]c2c1=O. The van der Waals surface area contributed by atoms with Gasteiger partial charge < -0.3 is 13.7 Å². The molecule has 0 fully saturated rings. The van der Waals surface area contributed by atoms with Gasteiger partial charge in [0.1, 0.15) is 5.75 Å². The van der Waals surface area contributed by atoms with Crippen LogP contribution in [0.5, 0.6) is 5.75 Å². The van der Waals surface area contributed by atoms with Crippen molar-refractivity contribution in [3.05, 3.63) is 60.9 Å². The Kier molecular flexibility index (Phi) is 4.24. The summed E-state index contributed by atoms with van der Waals surface area (Å²) in [6.45, 7) is 6.23. The second kappa shape index (κ2) is 6.20. The molecular formula is C17H17ClN2O4. The first-order valence-electron chi connectivity index (χ1n) is 7.57. The predicted molar refractivity (Wildman–Crippen MR) is 92.3 cm³/mol. The summed E-state index contributed by atoms with van der Waals surface area (Å²) in [4.78, 5) is 26.7. The van der Waals surface area contributed by atoms with Gasteiger partial charge in [-0.05, 0) is 32.9 Å². The van der Waals surface area contributed by atoms with E-state index in [0.717, 1.165) is 11.1 Å². The number of benzene rings is 1. The highest BCUT2D eigenvalue weighted by molar-refractivity contribution is 6.31. The third-order valence-electron chi connectivity index (χ3n) is 4.09. The van der Waals surface area contributed by atoms with Crippen molar-refractivity contribution < 1.29 is 9.15 Å². The Morgan fingerprint density at radius 1 is 1.29 bits per heavy atom. The smallest absolute Gasteiger partial charge is 0.417 e. The van der Waals surface area contributed by atoms with E-state index in [4.69, 9.17) is 20.8 Å². The number of aromatic nitrogens is 2. The molecule has 0 spiro atoms. The third kappa shape index (κ3) is 2.63. The van der Waals surface area contributed by atoms with Gasteiger partial charge in [-0.1, -0.05) is 17.7 Å². The molecule has 2 heterocycles. The standard InChI is InChI=1S/C17H17ClN2O4/c1-4-23-13-7-5-6-12(18)11(13)8-20-10(3)9(2)15-14(16(20)21)19-17(22)24-15/h5-7H,4,8H2,1-3H3,(H,19,22). The van der Waals surface area contributed by atoms with Gasteiger partial charge in [0, 0.05) is 21.8 Å². The molecule has 0 aliphatic heterocycles. The van der Waals surface area contributed by atoms with E-state index in [0.29, 0.717) is 28.7 Å². The number of H-pyrrole nitrogens is 1. The molecule has 3 aromatic rings. The summed E-state index contributed by atoms with van der Waals surface area (Å²) in [6, 6.07) is 5.37. The van der Waals surface area contributed by atoms with Crippen LogP contribution in [0.25, 0.3) is 11.1 Å². The fourth-order valence-corrected chi connectivity index (χ4v) is 2.95. The van der Waals surface area contributed by atoms with Crippen LogP contribution in [-0.4, -0.2) is 16.2 Å². The Morgan fingerprint density at radius 3 is 2.75 bits per heavy atom. The van der Waals surface area contributed by atoms with Crippen molar-refractivity contribution in [1.82, 2.24) is 9.55 Å². The number of pyridine rings is 1. The Morgan fingerprint density at radius 2 is 2.04 bits per heavy atom. The van der Waals surface area contributed by atoms with Crippen LogP contribution in [0.15, 0.2) is 32.2 Å². The van der Waals surface area contributed by atoms with Gasteiger partial charge in [-0.3, -0.25) is 9.78 Å². The molecule has 0 bridgehead atoms. The van der Waals surface area contributed by atoms with Gasteiger partial charge in [-0.2, -0.15) is 0 Å². The van der Waals surface area contributed by atoms with E-state index < -0.39 is 5.76 Å². The quantitative estimate of drug-likeness (QED) is 0.786. The van der Waals surface area contributed by atoms with Gasteiger partial charge in [0.05, 0.1) is 13.2 Å². The highest BCUT2D eigenvalue weighted by atomic mass is 35.5. The Hall–Kier alpha value is -2.47. The van der Waals surface area contributed by atoms with Crippen LogP contribution in [0, 0.1) is 13.8 Å². The van der Waals surface area contributed by atoms with Gasteiger partial charge >= 0.3 is 5.76 Å². The van der Waals surface area contributed by atoms with Crippen molar-refractivity contribution in [3.63, 3.8) is 0 Å². The van der Waals surface area contributed by atoms with Crippen molar-refractivity contribution >= 4 is 22.7 Å². The number of fused-ring (bicyclic) bond motifs is 1. The van der Waals surface area contributed by atoms with Crippen molar-refractivity contribution in [3.8, 4) is 5.75 Å². The summed E-state index contributed by atoms with van der Waals surface area (Å²) in [5.74, 6) is -0.00941. The minimum absolute atomic E-state index is 0.160. The number of aryl methyl sites for hydroxylation is 1. The Balaban J connectivity index is 2.22. The lowest BCUT2D eigenvalue weighted by atomic mass is 10.1. The lowest BCUT2D eigenvalue weighted by molar-refractivity contribution is 0.335. The zero-order valence-corrected chi connectivity index (χ0v) is 14.4. The molecule has 0 aliphatic carbocycles. The summed E-state index contributed by atoms with van der Waals surface area (Å²) < 4.78 is 12.3. The summed E-state index contributed by atoms with van der Waals surface area (Å²) in [7, 11) is 0. The topological polar surface area (TPSA) is 77.2 Å². The zero-order chi connectivity index (χ0) is 17.4. The number of rotatable bonds is 4. The fourth-order valence-electron chi connectivity index (χ4n) is 2.73. The van der Waals surface area contributed by atoms with Crippen LogP contribution in [0.4, 0.5) is 0 Å². The lowest BCUT2D eigenvalue weighted by Gasteiger charge is -2.16. The number of nitrogens with one attached hydrogen (secondary N) is 1. The van der Waals surface area contributed by atoms with Crippen molar-refractivity contribution in [2.45, 2.75) is 27.3 Å². The number of hydrogen-bond acceptors (Lipinski definition) is 4. The highest BCUT2D eigenvalue weighted by Crippen LogP contribution is 2.28. The summed E-state index contributed by atoms with van der Waals surface area (Å²) in [5, 5.41) is 0.519. The molecule has 0 aliphatic rings. The Bertz CT molecular complexity index is 1030. The summed E-state index contributed by atoms with van der Waals surface area (Å²) >= 11 is 6.31. The molecule has 1 N–H and O–H groups in total. The molecule has 0 amide bonds. The van der Waals surface area contributed by atoms with E-state index in [9.17, 15) is 9.59 Å². The van der Waals surface area contributed by atoms with E-state index in [-0.39, 0.29) is 17.6 Å². The van der Waals surface area contributed by atoms with E-state index in [1.165, 1.54) is 0 Å². The first-order valence-corrected chi connectivity index (χ1v) is 7.94. The van der Waals surface area contributed by atoms with Gasteiger partial charge in [0.2, 0.25) is 0 Å². The molecule has 24 heavy (non-hydrogen) atoms. The number of aromatic amines is 1. The molecule has 0 atom stereocenters. The third-order valence-corrected chi connectivity index (χ3v) is 4.44. The molecule has 3 rings (SSSR count). The fraction of sp³-hybridized carbons (Fsp3) is 0.294. The van der Waals surface area contributed by atoms with Crippen molar-refractivity contribution in [1.29, 1.82) is 0 Å². The molecule has 0 saturated carbocycles. The molecule has 126 valence electrons. The molecule has 6 nitrogen and oxygen atoms in total. The predicted octanol–water partition coefficient (Wildman–Crippen LogP) is 3.00. The van der Waals surface area contributed by atoms with Crippen molar-refractivity contribution in [2.24, 2.45) is 0 Å². The normalized spacial score (nSPS) is 11.2. The highest BCUT2D eigenvalue weighted by Gasteiger charge is 2.18. The molecule has 1 aromatic carbocycles. The van der Waals surface area contributed by atoms with E-state index >= 15 is 0 Å². The van der Waals surface area contributed by atoms with Crippen molar-refractivity contribution in [2.75, 3.05) is 6.61 Å². The maximum atomic E-state index is 12.7. The maximum Gasteiger partial charge on any atom is 0.417 e. The second-order valence-corrected chi connectivity index (χ2v) is 5.88. The van der Waals surface area contributed by atoms with Gasteiger partial charge in [-0.25, -0.2) is 4.79 Å². The van der Waals surface area contributed by atoms with E-state index in [1.807, 2.05) is 13.0 Å². The van der Waals surface area contributed by atoms with Crippen LogP contribution in [0.2, 0.25) is 5.02 Å². The minimum atomic E-state index is -0.643. The maximum absolute atomic E-state index is 12.7. The number of halogens is 1.